The first kappa shape index (κ1) is 27.3. The van der Waals surface area contributed by atoms with Gasteiger partial charge in [-0.2, -0.15) is 0 Å². The summed E-state index contributed by atoms with van der Waals surface area (Å²) in [6.45, 7) is 2.04. The number of carbonyl (C=O) groups is 2. The van der Waals surface area contributed by atoms with E-state index in [0.29, 0.717) is 12.4 Å². The zero-order valence-electron chi connectivity index (χ0n) is 20.2. The van der Waals surface area contributed by atoms with Crippen molar-refractivity contribution in [2.24, 2.45) is 0 Å². The van der Waals surface area contributed by atoms with Gasteiger partial charge >= 0.3 is 11.9 Å². The fraction of sp³-hybridized carbons (Fsp3) is 0.500. The number of pyridine rings is 1. The van der Waals surface area contributed by atoms with Gasteiger partial charge in [0.25, 0.3) is 0 Å². The summed E-state index contributed by atoms with van der Waals surface area (Å²) in [6, 6.07) is 7.34. The number of piperidine rings is 1. The van der Waals surface area contributed by atoms with Gasteiger partial charge in [0, 0.05) is 49.2 Å². The third-order valence-electron chi connectivity index (χ3n) is 6.60. The quantitative estimate of drug-likeness (QED) is 0.375. The molecule has 2 aliphatic rings. The van der Waals surface area contributed by atoms with E-state index in [1.54, 1.807) is 6.20 Å². The second-order valence-electron chi connectivity index (χ2n) is 9.34. The third-order valence-corrected chi connectivity index (χ3v) is 7.07. The van der Waals surface area contributed by atoms with Crippen LogP contribution >= 0.6 is 15.9 Å². The molecule has 37 heavy (non-hydrogen) atoms. The van der Waals surface area contributed by atoms with E-state index in [9.17, 15) is 19.1 Å². The first-order valence-electron chi connectivity index (χ1n) is 12.3. The number of aromatic carboxylic acids is 2. The molecule has 200 valence electrons. The largest absolute Gasteiger partial charge is 0.491 e. The SMILES string of the molecule is O=C(O)c1ccc(OCC(F)CCN2CCC(O[C@H]3C[C@H](Oc4ccc(Br)cn4)C3)CC2)cc1C(=O)O. The molecule has 2 heterocycles. The molecular formula is C26H30BrFN2O7. The van der Waals surface area contributed by atoms with Crippen LogP contribution in [0.25, 0.3) is 0 Å². The molecule has 1 aromatic carbocycles. The summed E-state index contributed by atoms with van der Waals surface area (Å²) in [5, 5.41) is 18.3. The third kappa shape index (κ3) is 7.86. The lowest BCUT2D eigenvalue weighted by atomic mass is 9.91. The molecule has 2 aromatic rings. The molecule has 1 aromatic heterocycles. The Labute approximate surface area is 222 Å². The van der Waals surface area contributed by atoms with E-state index in [1.165, 1.54) is 6.07 Å². The topological polar surface area (TPSA) is 118 Å². The van der Waals surface area contributed by atoms with Crippen molar-refractivity contribution in [2.75, 3.05) is 26.2 Å². The van der Waals surface area contributed by atoms with Gasteiger partial charge in [-0.25, -0.2) is 19.0 Å². The highest BCUT2D eigenvalue weighted by atomic mass is 79.9. The summed E-state index contributed by atoms with van der Waals surface area (Å²) in [5.74, 6) is -1.98. The Bertz CT molecular complexity index is 1070. The number of alkyl halides is 1. The van der Waals surface area contributed by atoms with E-state index >= 15 is 0 Å². The first-order valence-corrected chi connectivity index (χ1v) is 13.1. The normalized spacial score (nSPS) is 21.1. The van der Waals surface area contributed by atoms with E-state index in [2.05, 4.69) is 25.8 Å². The lowest BCUT2D eigenvalue weighted by molar-refractivity contribution is -0.111. The lowest BCUT2D eigenvalue weighted by Gasteiger charge is -2.39. The van der Waals surface area contributed by atoms with Crippen molar-refractivity contribution < 1.29 is 38.4 Å². The molecule has 1 saturated heterocycles. The Morgan fingerprint density at radius 1 is 1.05 bits per heavy atom. The summed E-state index contributed by atoms with van der Waals surface area (Å²) in [5.41, 5.74) is -0.732. The average Bonchev–Trinajstić information content (AvgIpc) is 2.86. The van der Waals surface area contributed by atoms with Crippen molar-refractivity contribution in [2.45, 2.75) is 56.6 Å². The highest BCUT2D eigenvalue weighted by molar-refractivity contribution is 9.10. The number of halogens is 2. The summed E-state index contributed by atoms with van der Waals surface area (Å²) < 4.78 is 32.8. The van der Waals surface area contributed by atoms with Gasteiger partial charge in [0.1, 0.15) is 24.6 Å². The first-order chi connectivity index (χ1) is 17.8. The second-order valence-corrected chi connectivity index (χ2v) is 10.3. The van der Waals surface area contributed by atoms with Gasteiger partial charge in [0.2, 0.25) is 5.88 Å². The number of carboxylic acid groups (broad SMARTS) is 2. The summed E-state index contributed by atoms with van der Waals surface area (Å²) in [6.07, 6.45) is 4.83. The Morgan fingerprint density at radius 3 is 2.43 bits per heavy atom. The number of nitrogens with zero attached hydrogens (tertiary/aromatic N) is 2. The van der Waals surface area contributed by atoms with E-state index < -0.39 is 23.7 Å². The summed E-state index contributed by atoms with van der Waals surface area (Å²) >= 11 is 3.36. The number of hydrogen-bond donors (Lipinski definition) is 2. The number of benzene rings is 1. The van der Waals surface area contributed by atoms with Crippen LogP contribution in [0.4, 0.5) is 4.39 Å². The molecule has 1 aliphatic heterocycles. The fourth-order valence-corrected chi connectivity index (χ4v) is 4.67. The van der Waals surface area contributed by atoms with Crippen LogP contribution in [0.5, 0.6) is 11.6 Å². The molecule has 2 fully saturated rings. The number of likely N-dealkylation sites (tertiary alicyclic amines) is 1. The van der Waals surface area contributed by atoms with Gasteiger partial charge in [-0.1, -0.05) is 0 Å². The fourth-order valence-electron chi connectivity index (χ4n) is 4.44. The maximum atomic E-state index is 14.4. The van der Waals surface area contributed by atoms with Gasteiger partial charge in [0.15, 0.2) is 0 Å². The van der Waals surface area contributed by atoms with Crippen molar-refractivity contribution in [1.82, 2.24) is 9.88 Å². The number of ether oxygens (including phenoxy) is 3. The van der Waals surface area contributed by atoms with Gasteiger partial charge in [0.05, 0.1) is 23.3 Å². The predicted molar refractivity (Wildman–Crippen MR) is 135 cm³/mol. The Balaban J connectivity index is 1.10. The van der Waals surface area contributed by atoms with E-state index in [1.807, 2.05) is 12.1 Å². The van der Waals surface area contributed by atoms with E-state index in [4.69, 9.17) is 19.3 Å². The van der Waals surface area contributed by atoms with Crippen LogP contribution in [0.2, 0.25) is 0 Å². The molecule has 2 N–H and O–H groups in total. The smallest absolute Gasteiger partial charge is 0.336 e. The highest BCUT2D eigenvalue weighted by Gasteiger charge is 2.34. The molecule has 0 amide bonds. The molecule has 4 rings (SSSR count). The summed E-state index contributed by atoms with van der Waals surface area (Å²) in [4.78, 5) is 28.8. The summed E-state index contributed by atoms with van der Waals surface area (Å²) in [7, 11) is 0. The van der Waals surface area contributed by atoms with E-state index in [-0.39, 0.29) is 42.7 Å². The monoisotopic (exact) mass is 580 g/mol. The molecular weight excluding hydrogens is 551 g/mol. The number of carboxylic acids is 2. The molecule has 0 bridgehead atoms. The minimum Gasteiger partial charge on any atom is -0.491 e. The van der Waals surface area contributed by atoms with Crippen LogP contribution < -0.4 is 9.47 Å². The van der Waals surface area contributed by atoms with Crippen LogP contribution in [-0.4, -0.2) is 82.8 Å². The van der Waals surface area contributed by atoms with Gasteiger partial charge in [-0.15, -0.1) is 0 Å². The zero-order chi connectivity index (χ0) is 26.4. The van der Waals surface area contributed by atoms with Crippen LogP contribution in [0, 0.1) is 0 Å². The van der Waals surface area contributed by atoms with E-state index in [0.717, 1.165) is 55.4 Å². The Hall–Kier alpha value is -2.76. The Morgan fingerprint density at radius 2 is 1.78 bits per heavy atom. The molecule has 9 nitrogen and oxygen atoms in total. The van der Waals surface area contributed by atoms with Crippen LogP contribution in [0.3, 0.4) is 0 Å². The number of aromatic nitrogens is 1. The minimum atomic E-state index is -1.38. The second kappa shape index (κ2) is 12.7. The maximum absolute atomic E-state index is 14.4. The number of hydrogen-bond acceptors (Lipinski definition) is 7. The van der Waals surface area contributed by atoms with Crippen molar-refractivity contribution in [3.05, 3.63) is 52.1 Å². The zero-order valence-corrected chi connectivity index (χ0v) is 21.8. The van der Waals surface area contributed by atoms with Gasteiger partial charge in [-0.3, -0.25) is 0 Å². The van der Waals surface area contributed by atoms with Crippen molar-refractivity contribution >= 4 is 27.9 Å². The lowest BCUT2D eigenvalue weighted by Crippen LogP contribution is -2.45. The number of rotatable bonds is 12. The maximum Gasteiger partial charge on any atom is 0.336 e. The molecule has 11 heteroatoms. The van der Waals surface area contributed by atoms with Crippen LogP contribution in [0.1, 0.15) is 52.8 Å². The minimum absolute atomic E-state index is 0.125. The van der Waals surface area contributed by atoms with Gasteiger partial charge < -0.3 is 29.3 Å². The van der Waals surface area contributed by atoms with Crippen molar-refractivity contribution in [1.29, 1.82) is 0 Å². The van der Waals surface area contributed by atoms with Crippen LogP contribution in [-0.2, 0) is 4.74 Å². The van der Waals surface area contributed by atoms with Crippen molar-refractivity contribution in [3.8, 4) is 11.6 Å². The van der Waals surface area contributed by atoms with Gasteiger partial charge in [-0.05, 0) is 59.5 Å². The molecule has 0 spiro atoms. The standard InChI is InChI=1S/C26H30BrFN2O7/c27-16-1-4-24(29-14-16)37-21-11-20(12-21)36-18-6-9-30(10-7-18)8-5-17(28)15-35-19-2-3-22(25(31)32)23(13-19)26(33)34/h1-4,13-14,17-18,20-21H,5-12,15H2,(H,31,32)(H,33,34)/t17?,20-,21-. The molecule has 1 aliphatic carbocycles. The molecule has 1 atom stereocenters. The Kier molecular flexibility index (Phi) is 9.33. The van der Waals surface area contributed by atoms with Crippen molar-refractivity contribution in [3.63, 3.8) is 0 Å². The average molecular weight is 581 g/mol. The predicted octanol–water partition coefficient (Wildman–Crippen LogP) is 4.44. The molecule has 0 radical (unpaired) electrons. The highest BCUT2D eigenvalue weighted by Crippen LogP contribution is 2.30. The van der Waals surface area contributed by atoms with Crippen LogP contribution in [0.15, 0.2) is 41.0 Å². The molecule has 1 saturated carbocycles. The molecule has 1 unspecified atom stereocenters.